The molecule has 0 saturated heterocycles. The number of amides is 1. The maximum atomic E-state index is 12.8. The van der Waals surface area contributed by atoms with E-state index < -0.39 is 22.0 Å². The Hall–Kier alpha value is -2.78. The minimum Gasteiger partial charge on any atom is -0.495 e. The Labute approximate surface area is 184 Å². The average Bonchev–Trinajstić information content (AvgIpc) is 2.75. The zero-order valence-corrected chi connectivity index (χ0v) is 19.4. The number of ether oxygens (including phenoxy) is 3. The highest BCUT2D eigenvalue weighted by atomic mass is 32.2. The van der Waals surface area contributed by atoms with Gasteiger partial charge in [0.2, 0.25) is 10.0 Å². The lowest BCUT2D eigenvalue weighted by Crippen LogP contribution is -2.31. The third-order valence-electron chi connectivity index (χ3n) is 4.59. The molecule has 0 bridgehead atoms. The van der Waals surface area contributed by atoms with Crippen molar-refractivity contribution in [3.05, 3.63) is 42.5 Å². The van der Waals surface area contributed by atoms with Crippen LogP contribution in [0.4, 0.5) is 5.69 Å². The highest BCUT2D eigenvalue weighted by Crippen LogP contribution is 2.29. The molecular formula is C22H30N2O6S. The molecule has 0 spiro atoms. The highest BCUT2D eigenvalue weighted by molar-refractivity contribution is 7.89. The Kier molecular flexibility index (Phi) is 8.70. The van der Waals surface area contributed by atoms with Gasteiger partial charge in [-0.1, -0.05) is 13.8 Å². The van der Waals surface area contributed by atoms with E-state index in [1.165, 1.54) is 29.6 Å². The number of nitrogens with zero attached hydrogens (tertiary/aromatic N) is 1. The molecule has 2 aromatic rings. The summed E-state index contributed by atoms with van der Waals surface area (Å²) >= 11 is 0. The smallest absolute Gasteiger partial charge is 0.265 e. The summed E-state index contributed by atoms with van der Waals surface area (Å²) in [5, 5.41) is 2.70. The quantitative estimate of drug-likeness (QED) is 0.563. The topological polar surface area (TPSA) is 94.2 Å². The first-order valence-corrected chi connectivity index (χ1v) is 11.6. The van der Waals surface area contributed by atoms with Crippen LogP contribution in [0.5, 0.6) is 17.2 Å². The van der Waals surface area contributed by atoms with Crippen molar-refractivity contribution in [3.63, 3.8) is 0 Å². The zero-order chi connectivity index (χ0) is 23.0. The summed E-state index contributed by atoms with van der Waals surface area (Å²) in [6, 6.07) is 11.3. The van der Waals surface area contributed by atoms with Crippen LogP contribution in [-0.4, -0.2) is 51.5 Å². The van der Waals surface area contributed by atoms with Gasteiger partial charge in [-0.25, -0.2) is 8.42 Å². The van der Waals surface area contributed by atoms with E-state index in [1.54, 1.807) is 45.0 Å². The van der Waals surface area contributed by atoms with E-state index in [4.69, 9.17) is 14.2 Å². The number of rotatable bonds is 11. The van der Waals surface area contributed by atoms with E-state index >= 15 is 0 Å². The lowest BCUT2D eigenvalue weighted by Gasteiger charge is -2.20. The van der Waals surface area contributed by atoms with Gasteiger partial charge in [0.05, 0.1) is 24.3 Å². The predicted molar refractivity (Wildman–Crippen MR) is 119 cm³/mol. The summed E-state index contributed by atoms with van der Waals surface area (Å²) in [4.78, 5) is 12.8. The zero-order valence-electron chi connectivity index (χ0n) is 18.5. The van der Waals surface area contributed by atoms with Gasteiger partial charge in [0.25, 0.3) is 5.91 Å². The largest absolute Gasteiger partial charge is 0.495 e. The summed E-state index contributed by atoms with van der Waals surface area (Å²) in [6.45, 7) is 8.30. The number of methoxy groups -OCH3 is 1. The molecule has 0 saturated carbocycles. The molecule has 1 atom stereocenters. The predicted octanol–water partition coefficient (Wildman–Crippen LogP) is 3.53. The van der Waals surface area contributed by atoms with Crippen LogP contribution in [0, 0.1) is 0 Å². The van der Waals surface area contributed by atoms with Crippen LogP contribution in [0.15, 0.2) is 47.4 Å². The fourth-order valence-electron chi connectivity index (χ4n) is 2.93. The molecule has 0 fully saturated rings. The Morgan fingerprint density at radius 1 is 1.03 bits per heavy atom. The van der Waals surface area contributed by atoms with Crippen molar-refractivity contribution >= 4 is 21.6 Å². The Morgan fingerprint density at radius 2 is 1.65 bits per heavy atom. The second-order valence-corrected chi connectivity index (χ2v) is 8.54. The summed E-state index contributed by atoms with van der Waals surface area (Å²) in [7, 11) is -2.23. The third-order valence-corrected chi connectivity index (χ3v) is 6.63. The molecule has 0 aliphatic heterocycles. The van der Waals surface area contributed by atoms with Crippen LogP contribution in [0.25, 0.3) is 0 Å². The fraction of sp³-hybridized carbons (Fsp3) is 0.409. The van der Waals surface area contributed by atoms with E-state index in [0.717, 1.165) is 0 Å². The van der Waals surface area contributed by atoms with Crippen LogP contribution in [-0.2, 0) is 14.8 Å². The molecule has 8 nitrogen and oxygen atoms in total. The second kappa shape index (κ2) is 11.0. The van der Waals surface area contributed by atoms with Gasteiger partial charge in [-0.3, -0.25) is 4.79 Å². The molecule has 0 aliphatic carbocycles. The number of nitrogens with one attached hydrogen (secondary N) is 1. The molecule has 1 N–H and O–H groups in total. The first kappa shape index (κ1) is 24.5. The number of carbonyl (C=O) groups excluding carboxylic acids is 1. The molecule has 1 unspecified atom stereocenters. The molecule has 9 heteroatoms. The number of benzene rings is 2. The number of hydrogen-bond acceptors (Lipinski definition) is 6. The Morgan fingerprint density at radius 3 is 2.19 bits per heavy atom. The van der Waals surface area contributed by atoms with Gasteiger partial charge < -0.3 is 19.5 Å². The van der Waals surface area contributed by atoms with Crippen LogP contribution in [0.1, 0.15) is 27.7 Å². The summed E-state index contributed by atoms with van der Waals surface area (Å²) in [5.41, 5.74) is 0.253. The number of anilines is 1. The highest BCUT2D eigenvalue weighted by Gasteiger charge is 2.24. The molecular weight excluding hydrogens is 420 g/mol. The molecule has 31 heavy (non-hydrogen) atoms. The Balaban J connectivity index is 2.19. The van der Waals surface area contributed by atoms with Gasteiger partial charge >= 0.3 is 0 Å². The molecule has 0 aromatic heterocycles. The van der Waals surface area contributed by atoms with Crippen molar-refractivity contribution in [2.24, 2.45) is 0 Å². The lowest BCUT2D eigenvalue weighted by atomic mass is 10.2. The van der Waals surface area contributed by atoms with Gasteiger partial charge in [0, 0.05) is 13.1 Å². The van der Waals surface area contributed by atoms with Crippen molar-refractivity contribution in [3.8, 4) is 17.2 Å². The van der Waals surface area contributed by atoms with Gasteiger partial charge in [0.15, 0.2) is 6.10 Å². The minimum atomic E-state index is -3.68. The van der Waals surface area contributed by atoms with E-state index in [9.17, 15) is 13.2 Å². The first-order chi connectivity index (χ1) is 14.8. The van der Waals surface area contributed by atoms with Crippen molar-refractivity contribution < 1.29 is 27.4 Å². The minimum absolute atomic E-state index is 0.0763. The maximum absolute atomic E-state index is 12.8. The summed E-state index contributed by atoms with van der Waals surface area (Å²) in [5.74, 6) is 1.13. The SMILES string of the molecule is CCOc1ccc(OC(C)C(=O)Nc2cc(S(=O)(=O)N(CC)CC)ccc2OC)cc1. The van der Waals surface area contributed by atoms with Gasteiger partial charge in [-0.2, -0.15) is 4.31 Å². The van der Waals surface area contributed by atoms with Crippen molar-refractivity contribution in [2.45, 2.75) is 38.7 Å². The number of sulfonamides is 1. The maximum Gasteiger partial charge on any atom is 0.265 e. The molecule has 170 valence electrons. The van der Waals surface area contributed by atoms with Crippen molar-refractivity contribution in [1.29, 1.82) is 0 Å². The third kappa shape index (κ3) is 6.11. The lowest BCUT2D eigenvalue weighted by molar-refractivity contribution is -0.122. The van der Waals surface area contributed by atoms with Crippen LogP contribution in [0.3, 0.4) is 0 Å². The summed E-state index contributed by atoms with van der Waals surface area (Å²) < 4.78 is 43.3. The first-order valence-electron chi connectivity index (χ1n) is 10.1. The van der Waals surface area contributed by atoms with Crippen molar-refractivity contribution in [1.82, 2.24) is 4.31 Å². The van der Waals surface area contributed by atoms with E-state index in [2.05, 4.69) is 5.32 Å². The van der Waals surface area contributed by atoms with E-state index in [1.807, 2.05) is 6.92 Å². The van der Waals surface area contributed by atoms with E-state index in [-0.39, 0.29) is 10.6 Å². The number of hydrogen-bond donors (Lipinski definition) is 1. The standard InChI is InChI=1S/C22H30N2O6S/c1-6-24(7-2)31(26,27)19-13-14-21(28-5)20(15-19)23-22(25)16(4)30-18-11-9-17(10-12-18)29-8-3/h9-16H,6-8H2,1-5H3,(H,23,25). The average molecular weight is 451 g/mol. The summed E-state index contributed by atoms with van der Waals surface area (Å²) in [6.07, 6.45) is -0.828. The molecule has 0 radical (unpaired) electrons. The van der Waals surface area contributed by atoms with Gasteiger partial charge in [-0.15, -0.1) is 0 Å². The monoisotopic (exact) mass is 450 g/mol. The molecule has 0 aliphatic rings. The molecule has 2 aromatic carbocycles. The van der Waals surface area contributed by atoms with Crippen LogP contribution < -0.4 is 19.5 Å². The molecule has 2 rings (SSSR count). The fourth-order valence-corrected chi connectivity index (χ4v) is 4.42. The van der Waals surface area contributed by atoms with Gasteiger partial charge in [0.1, 0.15) is 17.2 Å². The van der Waals surface area contributed by atoms with Crippen molar-refractivity contribution in [2.75, 3.05) is 32.1 Å². The normalized spacial score (nSPS) is 12.3. The van der Waals surface area contributed by atoms with Crippen LogP contribution >= 0.6 is 0 Å². The Bertz CT molecular complexity index is 972. The van der Waals surface area contributed by atoms with Crippen LogP contribution in [0.2, 0.25) is 0 Å². The molecule has 1 amide bonds. The second-order valence-electron chi connectivity index (χ2n) is 6.61. The van der Waals surface area contributed by atoms with Gasteiger partial charge in [-0.05, 0) is 56.3 Å². The number of carbonyl (C=O) groups is 1. The molecule has 0 heterocycles. The van der Waals surface area contributed by atoms with E-state index in [0.29, 0.717) is 36.9 Å².